The van der Waals surface area contributed by atoms with Crippen LogP contribution in [0.2, 0.25) is 0 Å². The molecule has 0 spiro atoms. The number of rotatable bonds is 41. The van der Waals surface area contributed by atoms with E-state index in [1.165, 1.54) is 9.96 Å². The maximum atomic E-state index is 14.0. The number of halogens is 4. The molecule has 0 radical (unpaired) electrons. The molecule has 4 amide bonds. The molecule has 1 saturated heterocycles. The number of imide groups is 1. The third kappa shape index (κ3) is 22.2. The number of esters is 1. The first-order valence-electron chi connectivity index (χ1n) is 24.6. The normalized spacial score (nSPS) is 13.8. The van der Waals surface area contributed by atoms with Crippen LogP contribution in [0.25, 0.3) is 6.08 Å². The van der Waals surface area contributed by atoms with Crippen molar-refractivity contribution in [3.8, 4) is 5.75 Å². The van der Waals surface area contributed by atoms with Crippen molar-refractivity contribution < 1.29 is 107 Å². The van der Waals surface area contributed by atoms with Gasteiger partial charge in [0.1, 0.15) is 12.4 Å². The molecule has 29 heteroatoms. The average Bonchev–Trinajstić information content (AvgIpc) is 3.56. The summed E-state index contributed by atoms with van der Waals surface area (Å²) in [7, 11) is -5.65. The van der Waals surface area contributed by atoms with E-state index in [1.54, 1.807) is 31.2 Å². The van der Waals surface area contributed by atoms with E-state index >= 15 is 0 Å². The number of amides is 4. The van der Waals surface area contributed by atoms with Gasteiger partial charge in [0.25, 0.3) is 11.8 Å². The summed E-state index contributed by atoms with van der Waals surface area (Å²) in [6.45, 7) is 10.0. The Morgan fingerprint density at radius 1 is 0.688 bits per heavy atom. The Morgan fingerprint density at radius 3 is 1.58 bits per heavy atom. The standard InChI is InChI=1S/C48H67F4N5O19S/c1-3-8-56(75-4-2)47(60)35-30-34-5-6-36(32-37(34)54-38(53)31-35)57-39(58)33-55(48(57)61)9-11-66-13-15-68-17-19-70-21-23-72-25-27-74-29-28-73-26-24-71-22-20-69-18-16-67-14-12-65-10-7-40(59)76-45-41(49)43(51)46(77(62,63)64)44(52)42(45)50/h5-6,30,32H,3-4,7-29,31,33H2,1-2H3,(H2,53,54)(H,62,63,64). The van der Waals surface area contributed by atoms with Crippen molar-refractivity contribution in [2.24, 2.45) is 10.7 Å². The van der Waals surface area contributed by atoms with Gasteiger partial charge in [-0.25, -0.2) is 28.5 Å². The summed E-state index contributed by atoms with van der Waals surface area (Å²) in [4.78, 5) is 61.5. The number of amidine groups is 1. The predicted molar refractivity (Wildman–Crippen MR) is 263 cm³/mol. The number of anilines is 1. The smallest absolute Gasteiger partial charge is 0.331 e. The summed E-state index contributed by atoms with van der Waals surface area (Å²) < 4.78 is 145. The molecule has 2 heterocycles. The molecule has 2 aliphatic heterocycles. The van der Waals surface area contributed by atoms with E-state index < -0.39 is 68.4 Å². The van der Waals surface area contributed by atoms with Crippen LogP contribution in [0.3, 0.4) is 0 Å². The van der Waals surface area contributed by atoms with Crippen LogP contribution >= 0.6 is 0 Å². The lowest BCUT2D eigenvalue weighted by molar-refractivity contribution is -0.180. The van der Waals surface area contributed by atoms with Crippen LogP contribution in [0.15, 0.2) is 33.7 Å². The number of nitrogens with zero attached hydrogens (tertiary/aromatic N) is 4. The highest BCUT2D eigenvalue weighted by Crippen LogP contribution is 2.34. The van der Waals surface area contributed by atoms with E-state index in [-0.39, 0.29) is 77.5 Å². The number of hydrogen-bond acceptors (Lipinski definition) is 20. The van der Waals surface area contributed by atoms with Crippen molar-refractivity contribution in [3.63, 3.8) is 0 Å². The Morgan fingerprint density at radius 2 is 1.14 bits per heavy atom. The fourth-order valence-electron chi connectivity index (χ4n) is 6.86. The van der Waals surface area contributed by atoms with Crippen LogP contribution in [-0.2, 0) is 76.7 Å². The van der Waals surface area contributed by atoms with Crippen molar-refractivity contribution in [2.75, 3.05) is 163 Å². The Balaban J connectivity index is 0.874. The molecule has 1 fully saturated rings. The molecule has 77 heavy (non-hydrogen) atoms. The first kappa shape index (κ1) is 64.2. The highest BCUT2D eigenvalue weighted by molar-refractivity contribution is 7.85. The van der Waals surface area contributed by atoms with Gasteiger partial charge in [-0.1, -0.05) is 13.0 Å². The number of hydrogen-bond donors (Lipinski definition) is 2. The van der Waals surface area contributed by atoms with Gasteiger partial charge in [0.15, 0.2) is 16.5 Å². The topological polar surface area (TPSA) is 282 Å². The molecule has 2 aromatic rings. The first-order valence-corrected chi connectivity index (χ1v) is 26.1. The second kappa shape index (κ2) is 35.3. The highest BCUT2D eigenvalue weighted by atomic mass is 32.2. The van der Waals surface area contributed by atoms with E-state index in [4.69, 9.17) is 62.5 Å². The number of carbonyl (C=O) groups is 4. The molecule has 0 bridgehead atoms. The van der Waals surface area contributed by atoms with E-state index in [2.05, 4.69) is 9.73 Å². The van der Waals surface area contributed by atoms with Crippen LogP contribution in [0.5, 0.6) is 5.75 Å². The fraction of sp³-hybridized carbons (Fsp3) is 0.604. The molecule has 0 unspecified atom stereocenters. The minimum atomic E-state index is -5.65. The van der Waals surface area contributed by atoms with Crippen LogP contribution in [0.4, 0.5) is 33.7 Å². The second-order valence-corrected chi connectivity index (χ2v) is 17.5. The number of nitrogens with two attached hydrogens (primary N) is 1. The molecule has 0 aliphatic carbocycles. The molecule has 432 valence electrons. The number of ether oxygens (including phenoxy) is 11. The number of fused-ring (bicyclic) bond motifs is 1. The third-order valence-corrected chi connectivity index (χ3v) is 11.3. The van der Waals surface area contributed by atoms with E-state index in [0.29, 0.717) is 128 Å². The number of carbonyl (C=O) groups excluding carboxylic acids is 4. The highest BCUT2D eigenvalue weighted by Gasteiger charge is 2.38. The minimum Gasteiger partial charge on any atom is -0.420 e. The van der Waals surface area contributed by atoms with Gasteiger partial charge in [-0.2, -0.15) is 17.2 Å². The van der Waals surface area contributed by atoms with Crippen LogP contribution in [0.1, 0.15) is 38.7 Å². The van der Waals surface area contributed by atoms with Gasteiger partial charge in [-0.3, -0.25) is 23.8 Å². The summed E-state index contributed by atoms with van der Waals surface area (Å²) in [5, 5.41) is 1.32. The monoisotopic (exact) mass is 1130 g/mol. The second-order valence-electron chi connectivity index (χ2n) is 16.2. The maximum Gasteiger partial charge on any atom is 0.331 e. The van der Waals surface area contributed by atoms with Crippen LogP contribution in [-0.4, -0.2) is 211 Å². The minimum absolute atomic E-state index is 0.0126. The zero-order valence-electron chi connectivity index (χ0n) is 43.0. The lowest BCUT2D eigenvalue weighted by Crippen LogP contribution is -2.34. The molecule has 0 saturated carbocycles. The van der Waals surface area contributed by atoms with E-state index in [0.717, 1.165) is 4.90 Å². The number of hydroxylamine groups is 2. The third-order valence-electron chi connectivity index (χ3n) is 10.4. The SMILES string of the molecule is CCCN(OCC)C(=O)C1=Cc2ccc(N3C(=O)CN(CCOCCOCCOCCOCCOCCOCCOCCOCCOCCOCCC(=O)Oc4c(F)c(F)c(S(=O)(=O)O)c(F)c4F)C3=O)cc2N=C(N)C1. The molecular formula is C48H67F4N5O19S. The molecular weight excluding hydrogens is 1060 g/mol. The van der Waals surface area contributed by atoms with Gasteiger partial charge >= 0.3 is 22.1 Å². The Kier molecular flexibility index (Phi) is 29.4. The van der Waals surface area contributed by atoms with Gasteiger partial charge < -0.3 is 62.7 Å². The zero-order chi connectivity index (χ0) is 56.0. The quantitative estimate of drug-likeness (QED) is 0.0141. The molecule has 0 atom stereocenters. The van der Waals surface area contributed by atoms with Gasteiger partial charge in [0.05, 0.1) is 157 Å². The fourth-order valence-corrected chi connectivity index (χ4v) is 7.49. The van der Waals surface area contributed by atoms with Gasteiger partial charge in [-0.05, 0) is 31.6 Å². The molecule has 4 rings (SSSR count). The summed E-state index contributed by atoms with van der Waals surface area (Å²) in [6, 6.07) is 4.45. The molecule has 2 aliphatic rings. The van der Waals surface area contributed by atoms with E-state index in [1.807, 2.05) is 6.92 Å². The molecule has 2 aromatic carbocycles. The number of aliphatic imine (C=N–C) groups is 1. The van der Waals surface area contributed by atoms with Crippen molar-refractivity contribution in [2.45, 2.75) is 38.0 Å². The lowest BCUT2D eigenvalue weighted by atomic mass is 10.1. The molecule has 24 nitrogen and oxygen atoms in total. The van der Waals surface area contributed by atoms with Gasteiger partial charge in [0, 0.05) is 30.6 Å². The first-order chi connectivity index (χ1) is 37.1. The lowest BCUT2D eigenvalue weighted by Gasteiger charge is -2.21. The predicted octanol–water partition coefficient (Wildman–Crippen LogP) is 3.39. The molecule has 0 aromatic heterocycles. The Bertz CT molecular complexity index is 2350. The van der Waals surface area contributed by atoms with Crippen molar-refractivity contribution in [3.05, 3.63) is 52.6 Å². The van der Waals surface area contributed by atoms with Crippen molar-refractivity contribution in [1.82, 2.24) is 9.96 Å². The average molecular weight is 1130 g/mol. The zero-order valence-corrected chi connectivity index (χ0v) is 43.8. The summed E-state index contributed by atoms with van der Waals surface area (Å²) in [5.74, 6) is -13.2. The van der Waals surface area contributed by atoms with Gasteiger partial charge in [-0.15, -0.1) is 0 Å². The molecule has 3 N–H and O–H groups in total. The van der Waals surface area contributed by atoms with Crippen molar-refractivity contribution in [1.29, 1.82) is 0 Å². The van der Waals surface area contributed by atoms with E-state index in [9.17, 15) is 45.2 Å². The van der Waals surface area contributed by atoms with Crippen molar-refractivity contribution >= 4 is 57.2 Å². The summed E-state index contributed by atoms with van der Waals surface area (Å²) in [6.07, 6.45) is 1.95. The van der Waals surface area contributed by atoms with Crippen LogP contribution < -0.4 is 15.4 Å². The Labute approximate surface area is 443 Å². The number of urea groups is 1. The maximum absolute atomic E-state index is 14.0. The number of benzene rings is 2. The Hall–Kier alpha value is -5.28. The van der Waals surface area contributed by atoms with Crippen LogP contribution in [0, 0.1) is 23.3 Å². The summed E-state index contributed by atoms with van der Waals surface area (Å²) in [5.41, 5.74) is 7.98. The summed E-state index contributed by atoms with van der Waals surface area (Å²) >= 11 is 0. The van der Waals surface area contributed by atoms with Gasteiger partial charge in [0.2, 0.25) is 17.4 Å². The largest absolute Gasteiger partial charge is 0.420 e.